The van der Waals surface area contributed by atoms with Gasteiger partial charge in [-0.25, -0.2) is 4.79 Å². The molecular formula is C24H20O13. The number of aromatic carboxylic acids is 1. The lowest BCUT2D eigenvalue weighted by Crippen LogP contribution is -2.60. The number of phenolic OH excluding ortho intramolecular Hbond substituents is 2. The molecule has 37 heavy (non-hydrogen) atoms. The number of ether oxygens (including phenoxy) is 2. The molecule has 0 bridgehead atoms. The largest absolute Gasteiger partial charge is 0.504 e. The minimum absolute atomic E-state index is 0.0272. The summed E-state index contributed by atoms with van der Waals surface area (Å²) in [5.74, 6) is -3.49. The molecule has 194 valence electrons. The molecule has 3 heterocycles. The van der Waals surface area contributed by atoms with Gasteiger partial charge in [-0.1, -0.05) is 0 Å². The minimum atomic E-state index is -1.83. The van der Waals surface area contributed by atoms with Crippen molar-refractivity contribution in [2.75, 3.05) is 6.61 Å². The van der Waals surface area contributed by atoms with Crippen LogP contribution in [0.5, 0.6) is 17.2 Å². The molecule has 1 fully saturated rings. The second-order valence-electron chi connectivity index (χ2n) is 8.40. The van der Waals surface area contributed by atoms with Gasteiger partial charge in [0, 0.05) is 29.1 Å². The van der Waals surface area contributed by atoms with Crippen LogP contribution in [0.25, 0.3) is 33.3 Å². The number of hydrogen-bond acceptors (Lipinski definition) is 12. The molecule has 0 saturated carbocycles. The first-order chi connectivity index (χ1) is 17.6. The lowest BCUT2D eigenvalue weighted by atomic mass is 9.99. The van der Waals surface area contributed by atoms with Crippen molar-refractivity contribution in [3.05, 3.63) is 52.4 Å². The molecule has 7 N–H and O–H groups in total. The van der Waals surface area contributed by atoms with Crippen molar-refractivity contribution in [2.24, 2.45) is 0 Å². The minimum Gasteiger partial charge on any atom is -0.504 e. The fourth-order valence-corrected chi connectivity index (χ4v) is 4.16. The monoisotopic (exact) mass is 516 g/mol. The highest BCUT2D eigenvalue weighted by atomic mass is 16.7. The van der Waals surface area contributed by atoms with E-state index in [-0.39, 0.29) is 39.0 Å². The van der Waals surface area contributed by atoms with Gasteiger partial charge in [0.05, 0.1) is 12.0 Å². The van der Waals surface area contributed by atoms with Crippen molar-refractivity contribution in [2.45, 2.75) is 30.7 Å². The number of carbonyl (C=O) groups is 1. The third kappa shape index (κ3) is 4.14. The van der Waals surface area contributed by atoms with Crippen LogP contribution in [-0.4, -0.2) is 79.0 Å². The molecule has 0 unspecified atom stereocenters. The summed E-state index contributed by atoms with van der Waals surface area (Å²) in [5, 5.41) is 69.9. The van der Waals surface area contributed by atoms with Gasteiger partial charge in [-0.2, -0.15) is 0 Å². The molecule has 0 amide bonds. The Bertz CT molecular complexity index is 1570. The van der Waals surface area contributed by atoms with E-state index in [1.54, 1.807) is 0 Å². The molecule has 5 rings (SSSR count). The van der Waals surface area contributed by atoms with Crippen LogP contribution in [0, 0.1) is 0 Å². The van der Waals surface area contributed by atoms with Gasteiger partial charge >= 0.3 is 5.97 Å². The maximum absolute atomic E-state index is 12.3. The zero-order valence-corrected chi connectivity index (χ0v) is 18.6. The van der Waals surface area contributed by atoms with Crippen LogP contribution in [0.4, 0.5) is 0 Å². The van der Waals surface area contributed by atoms with Crippen molar-refractivity contribution < 1.29 is 58.8 Å². The van der Waals surface area contributed by atoms with Crippen molar-refractivity contribution in [1.82, 2.24) is 0 Å². The maximum Gasteiger partial charge on any atom is 0.371 e. The van der Waals surface area contributed by atoms with Crippen LogP contribution in [-0.2, 0) is 4.74 Å². The van der Waals surface area contributed by atoms with Gasteiger partial charge in [0.2, 0.25) is 12.1 Å². The van der Waals surface area contributed by atoms with Crippen molar-refractivity contribution in [1.29, 1.82) is 0 Å². The molecule has 13 heteroatoms. The van der Waals surface area contributed by atoms with Crippen molar-refractivity contribution in [3.8, 4) is 28.6 Å². The Morgan fingerprint density at radius 2 is 1.62 bits per heavy atom. The average Bonchev–Trinajstić information content (AvgIpc) is 2.86. The fourth-order valence-electron chi connectivity index (χ4n) is 4.16. The number of aliphatic hydroxyl groups excluding tert-OH is 4. The van der Waals surface area contributed by atoms with E-state index in [9.17, 15) is 45.3 Å². The van der Waals surface area contributed by atoms with Crippen LogP contribution in [0.15, 0.2) is 50.0 Å². The second kappa shape index (κ2) is 9.06. The summed E-state index contributed by atoms with van der Waals surface area (Å²) in [6.07, 6.45) is -8.28. The van der Waals surface area contributed by atoms with Crippen LogP contribution in [0.1, 0.15) is 10.6 Å². The van der Waals surface area contributed by atoms with Gasteiger partial charge < -0.3 is 54.1 Å². The molecule has 2 aromatic heterocycles. The van der Waals surface area contributed by atoms with Crippen LogP contribution in [0.2, 0.25) is 0 Å². The Morgan fingerprint density at radius 1 is 0.919 bits per heavy atom. The zero-order valence-electron chi connectivity index (χ0n) is 18.6. The Morgan fingerprint density at radius 3 is 2.27 bits per heavy atom. The van der Waals surface area contributed by atoms with Gasteiger partial charge in [0.1, 0.15) is 35.6 Å². The number of carboxylic acid groups (broad SMARTS) is 1. The van der Waals surface area contributed by atoms with Gasteiger partial charge in [-0.15, -0.1) is 0 Å². The molecule has 1 aliphatic heterocycles. The summed E-state index contributed by atoms with van der Waals surface area (Å²) in [7, 11) is 0. The van der Waals surface area contributed by atoms with Gasteiger partial charge in [-0.3, -0.25) is 4.79 Å². The standard InChI is InChI=1S/C24H20O13/c25-7-16-18(29)19(30)20(31)24(36-16)37-22-10-6-15(23(32)33)34-13-4-9(26)5-14(17(10)13)35-21(22)8-1-2-11(27)12(28)3-8/h1-6,16,18-20,24-25,27-31H,7H2,(H,32,33)/t16-,18+,19-,20-,24-/m0/s1. The molecule has 0 spiro atoms. The van der Waals surface area contributed by atoms with Crippen LogP contribution in [0.3, 0.4) is 0 Å². The number of phenols is 2. The van der Waals surface area contributed by atoms with Crippen LogP contribution >= 0.6 is 0 Å². The summed E-state index contributed by atoms with van der Waals surface area (Å²) < 4.78 is 22.6. The van der Waals surface area contributed by atoms with E-state index in [1.165, 1.54) is 6.07 Å². The number of hydrogen-bond donors (Lipinski definition) is 7. The maximum atomic E-state index is 12.3. The first-order valence-electron chi connectivity index (χ1n) is 10.9. The van der Waals surface area contributed by atoms with E-state index in [2.05, 4.69) is 0 Å². The van der Waals surface area contributed by atoms with Crippen LogP contribution < -0.4 is 10.2 Å². The molecule has 4 aromatic rings. The predicted molar refractivity (Wildman–Crippen MR) is 122 cm³/mol. The highest BCUT2D eigenvalue weighted by Gasteiger charge is 2.45. The smallest absolute Gasteiger partial charge is 0.371 e. The van der Waals surface area contributed by atoms with E-state index < -0.39 is 66.0 Å². The summed E-state index contributed by atoms with van der Waals surface area (Å²) in [6, 6.07) is 6.82. The first kappa shape index (κ1) is 24.5. The lowest BCUT2D eigenvalue weighted by Gasteiger charge is -2.39. The average molecular weight is 516 g/mol. The number of aliphatic hydroxyl groups is 4. The molecule has 1 aliphatic rings. The first-order valence-corrected chi connectivity index (χ1v) is 10.9. The Kier molecular flexibility index (Phi) is 6.01. The topological polar surface area (TPSA) is 220 Å². The Hall–Kier alpha value is -4.14. The summed E-state index contributed by atoms with van der Waals surface area (Å²) in [5.41, 5.74) is -0.657. The van der Waals surface area contributed by atoms with E-state index >= 15 is 0 Å². The second-order valence-corrected chi connectivity index (χ2v) is 8.40. The Labute approximate surface area is 205 Å². The van der Waals surface area contributed by atoms with E-state index in [4.69, 9.17) is 18.3 Å². The molecule has 2 aromatic carbocycles. The quantitative estimate of drug-likeness (QED) is 0.180. The summed E-state index contributed by atoms with van der Waals surface area (Å²) >= 11 is 0. The van der Waals surface area contributed by atoms with Crippen molar-refractivity contribution in [3.63, 3.8) is 0 Å². The van der Waals surface area contributed by atoms with Crippen molar-refractivity contribution >= 4 is 27.9 Å². The zero-order chi connectivity index (χ0) is 26.6. The highest BCUT2D eigenvalue weighted by molar-refractivity contribution is 6.11. The van der Waals surface area contributed by atoms with Gasteiger partial charge in [0.15, 0.2) is 28.4 Å². The normalized spacial score (nSPS) is 23.9. The molecule has 13 nitrogen and oxygen atoms in total. The summed E-state index contributed by atoms with van der Waals surface area (Å²) in [4.78, 5) is 24.0. The predicted octanol–water partition coefficient (Wildman–Crippen LogP) is 0.494. The number of benzene rings is 2. The third-order valence-corrected chi connectivity index (χ3v) is 6.00. The molecule has 5 atom stereocenters. The highest BCUT2D eigenvalue weighted by Crippen LogP contribution is 2.44. The SMILES string of the molecule is O=C(O)c1cc2c(O[C@@H]3O[C@@H](CO)[C@@H](O)[C@H](O)[C@@H]3O)c(-c3ccc(O)c(O)c3)oc3cc(=O)cc(o1)c32. The molecule has 1 saturated heterocycles. The Balaban J connectivity index is 1.81. The van der Waals surface area contributed by atoms with E-state index in [0.29, 0.717) is 0 Å². The molecular weight excluding hydrogens is 496 g/mol. The fraction of sp³-hybridized carbons (Fsp3) is 0.250. The van der Waals surface area contributed by atoms with Gasteiger partial charge in [0.25, 0.3) is 0 Å². The number of aromatic hydroxyl groups is 2. The lowest BCUT2D eigenvalue weighted by molar-refractivity contribution is -0.277. The summed E-state index contributed by atoms with van der Waals surface area (Å²) in [6.45, 7) is -0.730. The van der Waals surface area contributed by atoms with Gasteiger partial charge in [-0.05, 0) is 18.2 Å². The molecule has 0 radical (unpaired) electrons. The molecule has 0 aliphatic carbocycles. The third-order valence-electron chi connectivity index (χ3n) is 6.00. The number of carboxylic acids is 1. The number of rotatable bonds is 5. The van der Waals surface area contributed by atoms with E-state index in [1.807, 2.05) is 0 Å². The van der Waals surface area contributed by atoms with E-state index in [0.717, 1.165) is 30.3 Å².